The van der Waals surface area contributed by atoms with Gasteiger partial charge in [-0.1, -0.05) is 25.8 Å². The molecule has 2 unspecified atom stereocenters. The van der Waals surface area contributed by atoms with Gasteiger partial charge in [-0.05, 0) is 24.5 Å². The van der Waals surface area contributed by atoms with Gasteiger partial charge < -0.3 is 0 Å². The van der Waals surface area contributed by atoms with Crippen LogP contribution in [-0.4, -0.2) is 12.3 Å². The molecule has 1 nitrogen and oxygen atoms in total. The molecule has 0 aliphatic heterocycles. The van der Waals surface area contributed by atoms with E-state index in [1.165, 1.54) is 6.42 Å². The van der Waals surface area contributed by atoms with Gasteiger partial charge in [-0.25, -0.2) is 0 Å². The second kappa shape index (κ2) is 2.93. The molecule has 2 atom stereocenters. The van der Waals surface area contributed by atoms with E-state index in [0.29, 0.717) is 0 Å². The van der Waals surface area contributed by atoms with Gasteiger partial charge in [-0.3, -0.25) is 4.72 Å². The predicted octanol–water partition coefficient (Wildman–Crippen LogP) is 1.90. The topological polar surface area (TPSA) is 12.0 Å². The van der Waals surface area contributed by atoms with E-state index in [1.807, 2.05) is 0 Å². The zero-order chi connectivity index (χ0) is 6.85. The quantitative estimate of drug-likeness (QED) is 0.609. The van der Waals surface area contributed by atoms with Gasteiger partial charge >= 0.3 is 0 Å². The number of hydrogen-bond acceptors (Lipinski definition) is 2. The summed E-state index contributed by atoms with van der Waals surface area (Å²) < 4.78 is 3.37. The molecule has 0 bridgehead atoms. The molecule has 1 aliphatic rings. The van der Waals surface area contributed by atoms with Crippen LogP contribution in [0.1, 0.15) is 20.3 Å². The second-order valence-electron chi connectivity index (χ2n) is 3.07. The molecular weight excluding hydrogens is 130 g/mol. The van der Waals surface area contributed by atoms with E-state index in [-0.39, 0.29) is 0 Å². The summed E-state index contributed by atoms with van der Waals surface area (Å²) in [7, 11) is 0. The van der Waals surface area contributed by atoms with E-state index in [0.717, 1.165) is 17.9 Å². The molecule has 1 N–H and O–H groups in total. The largest absolute Gasteiger partial charge is 0.261 e. The van der Waals surface area contributed by atoms with E-state index in [2.05, 4.69) is 24.8 Å². The lowest BCUT2D eigenvalue weighted by atomic mass is 10.1. The first-order chi connectivity index (χ1) is 4.25. The van der Waals surface area contributed by atoms with Gasteiger partial charge in [0.15, 0.2) is 0 Å². The van der Waals surface area contributed by atoms with Gasteiger partial charge in [-0.2, -0.15) is 0 Å². The third-order valence-electron chi connectivity index (χ3n) is 1.97. The summed E-state index contributed by atoms with van der Waals surface area (Å²) in [6, 6.07) is 0.819. The minimum absolute atomic E-state index is 0.819. The fourth-order valence-electron chi connectivity index (χ4n) is 1.24. The molecule has 1 aliphatic carbocycles. The van der Waals surface area contributed by atoms with Crippen LogP contribution in [0.3, 0.4) is 0 Å². The van der Waals surface area contributed by atoms with E-state index < -0.39 is 0 Å². The van der Waals surface area contributed by atoms with Gasteiger partial charge in [-0.15, -0.1) is 0 Å². The summed E-state index contributed by atoms with van der Waals surface area (Å²) in [5, 5.41) is 0. The average molecular weight is 145 g/mol. The molecule has 1 rings (SSSR count). The molecule has 0 saturated heterocycles. The van der Waals surface area contributed by atoms with Crippen LogP contribution in [0.25, 0.3) is 0 Å². The molecule has 0 aromatic rings. The Hall–Kier alpha value is 0.310. The molecular formula is C7H15NS. The van der Waals surface area contributed by atoms with Crippen LogP contribution in [-0.2, 0) is 0 Å². The van der Waals surface area contributed by atoms with Crippen LogP contribution >= 0.6 is 11.9 Å². The maximum atomic E-state index is 3.37. The van der Waals surface area contributed by atoms with Crippen molar-refractivity contribution >= 4 is 11.9 Å². The zero-order valence-corrected chi connectivity index (χ0v) is 7.16. The van der Waals surface area contributed by atoms with Crippen LogP contribution in [0, 0.1) is 11.8 Å². The first-order valence-corrected chi connectivity index (χ1v) is 4.76. The molecule has 0 aromatic carbocycles. The summed E-state index contributed by atoms with van der Waals surface area (Å²) in [5.74, 6) is 1.83. The van der Waals surface area contributed by atoms with Crippen LogP contribution in [0.15, 0.2) is 0 Å². The van der Waals surface area contributed by atoms with Crippen molar-refractivity contribution in [1.82, 2.24) is 4.72 Å². The molecule has 2 heteroatoms. The Bertz CT molecular complexity index is 92.9. The van der Waals surface area contributed by atoms with E-state index >= 15 is 0 Å². The lowest BCUT2D eigenvalue weighted by molar-refractivity contribution is 0.541. The van der Waals surface area contributed by atoms with Crippen molar-refractivity contribution < 1.29 is 0 Å². The first kappa shape index (κ1) is 7.42. The van der Waals surface area contributed by atoms with Crippen molar-refractivity contribution in [3.05, 3.63) is 0 Å². The lowest BCUT2D eigenvalue weighted by Gasteiger charge is -2.01. The average Bonchev–Trinajstić information content (AvgIpc) is 2.47. The molecule has 54 valence electrons. The standard InChI is InChI=1S/C7H15NS/c1-5(2)6-4-7(6)8-9-3/h5-8H,4H2,1-3H3. The van der Waals surface area contributed by atoms with Gasteiger partial charge in [0.2, 0.25) is 0 Å². The molecule has 0 spiro atoms. The fourth-order valence-corrected chi connectivity index (χ4v) is 1.81. The molecule has 0 amide bonds. The smallest absolute Gasteiger partial charge is 0.0206 e. The van der Waals surface area contributed by atoms with E-state index in [1.54, 1.807) is 11.9 Å². The van der Waals surface area contributed by atoms with Gasteiger partial charge in [0, 0.05) is 6.04 Å². The van der Waals surface area contributed by atoms with E-state index in [9.17, 15) is 0 Å². The summed E-state index contributed by atoms with van der Waals surface area (Å²) in [4.78, 5) is 0. The third kappa shape index (κ3) is 1.87. The first-order valence-electron chi connectivity index (χ1n) is 3.54. The normalized spacial score (nSPS) is 33.3. The van der Waals surface area contributed by atoms with Crippen LogP contribution in [0.2, 0.25) is 0 Å². The monoisotopic (exact) mass is 145 g/mol. The summed E-state index contributed by atoms with van der Waals surface area (Å²) in [6.07, 6.45) is 3.48. The van der Waals surface area contributed by atoms with Gasteiger partial charge in [0.25, 0.3) is 0 Å². The van der Waals surface area contributed by atoms with Crippen molar-refractivity contribution in [3.63, 3.8) is 0 Å². The molecule has 9 heavy (non-hydrogen) atoms. The fraction of sp³-hybridized carbons (Fsp3) is 1.00. The Balaban J connectivity index is 2.09. The van der Waals surface area contributed by atoms with Crippen LogP contribution in [0.5, 0.6) is 0 Å². The maximum absolute atomic E-state index is 3.37. The molecule has 0 radical (unpaired) electrons. The highest BCUT2D eigenvalue weighted by Crippen LogP contribution is 2.37. The Kier molecular flexibility index (Phi) is 2.42. The Morgan fingerprint density at radius 2 is 2.22 bits per heavy atom. The van der Waals surface area contributed by atoms with E-state index in [4.69, 9.17) is 0 Å². The Morgan fingerprint density at radius 3 is 2.56 bits per heavy atom. The minimum atomic E-state index is 0.819. The van der Waals surface area contributed by atoms with Crippen LogP contribution < -0.4 is 4.72 Å². The maximum Gasteiger partial charge on any atom is 0.0206 e. The lowest BCUT2D eigenvalue weighted by Crippen LogP contribution is -2.09. The zero-order valence-electron chi connectivity index (χ0n) is 6.35. The number of nitrogens with one attached hydrogen (secondary N) is 1. The Labute approximate surface area is 61.7 Å². The highest BCUT2D eigenvalue weighted by molar-refractivity contribution is 7.96. The number of hydrogen-bond donors (Lipinski definition) is 1. The Morgan fingerprint density at radius 1 is 1.56 bits per heavy atom. The van der Waals surface area contributed by atoms with Crippen molar-refractivity contribution in [3.8, 4) is 0 Å². The molecule has 1 saturated carbocycles. The van der Waals surface area contributed by atoms with Crippen molar-refractivity contribution in [1.29, 1.82) is 0 Å². The summed E-state index contributed by atoms with van der Waals surface area (Å²) >= 11 is 1.74. The van der Waals surface area contributed by atoms with Crippen molar-refractivity contribution in [2.24, 2.45) is 11.8 Å². The molecule has 1 fully saturated rings. The van der Waals surface area contributed by atoms with Crippen LogP contribution in [0.4, 0.5) is 0 Å². The highest BCUT2D eigenvalue weighted by atomic mass is 32.2. The highest BCUT2D eigenvalue weighted by Gasteiger charge is 2.38. The SMILES string of the molecule is CSNC1CC1C(C)C. The minimum Gasteiger partial charge on any atom is -0.261 e. The third-order valence-corrected chi connectivity index (χ3v) is 2.50. The molecule has 0 aromatic heterocycles. The predicted molar refractivity (Wildman–Crippen MR) is 43.4 cm³/mol. The van der Waals surface area contributed by atoms with Crippen molar-refractivity contribution in [2.45, 2.75) is 26.3 Å². The van der Waals surface area contributed by atoms with Gasteiger partial charge in [0.05, 0.1) is 0 Å². The van der Waals surface area contributed by atoms with Crippen molar-refractivity contribution in [2.75, 3.05) is 6.26 Å². The number of rotatable bonds is 3. The summed E-state index contributed by atoms with van der Waals surface area (Å²) in [6.45, 7) is 4.60. The molecule has 0 heterocycles. The summed E-state index contributed by atoms with van der Waals surface area (Å²) in [5.41, 5.74) is 0. The van der Waals surface area contributed by atoms with Gasteiger partial charge in [0.1, 0.15) is 0 Å². The second-order valence-corrected chi connectivity index (χ2v) is 3.72.